The predicted octanol–water partition coefficient (Wildman–Crippen LogP) is 2.03. The highest BCUT2D eigenvalue weighted by atomic mass is 79.9. The molecule has 3 nitrogen and oxygen atoms in total. The molecular formula is C11H13BrN2O. The summed E-state index contributed by atoms with van der Waals surface area (Å²) in [6, 6.07) is 4.34. The van der Waals surface area contributed by atoms with Gasteiger partial charge in [-0.3, -0.25) is 0 Å². The third kappa shape index (κ3) is 1.43. The third-order valence-corrected chi connectivity index (χ3v) is 3.78. The Morgan fingerprint density at radius 3 is 3.13 bits per heavy atom. The Hall–Kier alpha value is -0.740. The first-order chi connectivity index (χ1) is 7.25. The first kappa shape index (κ1) is 9.48. The van der Waals surface area contributed by atoms with Crippen LogP contribution in [0.3, 0.4) is 0 Å². The van der Waals surface area contributed by atoms with Crippen LogP contribution in [0.1, 0.15) is 17.9 Å². The van der Waals surface area contributed by atoms with Gasteiger partial charge in [-0.15, -0.1) is 0 Å². The number of anilines is 1. The zero-order chi connectivity index (χ0) is 10.4. The lowest BCUT2D eigenvalue weighted by molar-refractivity contribution is 0.439. The zero-order valence-electron chi connectivity index (χ0n) is 8.26. The van der Waals surface area contributed by atoms with Crippen molar-refractivity contribution >= 4 is 21.6 Å². The molecule has 80 valence electrons. The summed E-state index contributed by atoms with van der Waals surface area (Å²) in [6.07, 6.45) is 1.12. The summed E-state index contributed by atoms with van der Waals surface area (Å²) in [5.74, 6) is 0.853. The smallest absolute Gasteiger partial charge is 0.140 e. The molecule has 0 aliphatic carbocycles. The molecule has 15 heavy (non-hydrogen) atoms. The van der Waals surface area contributed by atoms with Gasteiger partial charge in [0.1, 0.15) is 5.75 Å². The SMILES string of the molecule is Oc1cc(Br)cc2c1NC1CCNCC21. The van der Waals surface area contributed by atoms with Crippen LogP contribution in [0, 0.1) is 0 Å². The number of piperidine rings is 1. The highest BCUT2D eigenvalue weighted by Gasteiger charge is 2.35. The van der Waals surface area contributed by atoms with Gasteiger partial charge in [-0.05, 0) is 30.7 Å². The summed E-state index contributed by atoms with van der Waals surface area (Å²) >= 11 is 3.42. The molecule has 1 aromatic rings. The molecule has 2 atom stereocenters. The molecule has 0 saturated carbocycles. The van der Waals surface area contributed by atoms with E-state index >= 15 is 0 Å². The van der Waals surface area contributed by atoms with Crippen LogP contribution >= 0.6 is 15.9 Å². The Morgan fingerprint density at radius 1 is 1.40 bits per heavy atom. The number of hydrogen-bond acceptors (Lipinski definition) is 3. The topological polar surface area (TPSA) is 44.3 Å². The number of phenols is 1. The molecule has 4 heteroatoms. The molecule has 3 N–H and O–H groups in total. The average Bonchev–Trinajstić information content (AvgIpc) is 2.57. The monoisotopic (exact) mass is 268 g/mol. The van der Waals surface area contributed by atoms with E-state index in [1.54, 1.807) is 6.07 Å². The summed E-state index contributed by atoms with van der Waals surface area (Å²) in [5.41, 5.74) is 2.16. The van der Waals surface area contributed by atoms with Crippen LogP contribution in [0.4, 0.5) is 5.69 Å². The van der Waals surface area contributed by atoms with E-state index in [1.165, 1.54) is 5.56 Å². The molecule has 2 unspecified atom stereocenters. The summed E-state index contributed by atoms with van der Waals surface area (Å²) in [6.45, 7) is 2.06. The van der Waals surface area contributed by atoms with Gasteiger partial charge in [0.05, 0.1) is 5.69 Å². The van der Waals surface area contributed by atoms with Gasteiger partial charge >= 0.3 is 0 Å². The highest BCUT2D eigenvalue weighted by Crippen LogP contribution is 2.44. The lowest BCUT2D eigenvalue weighted by Crippen LogP contribution is -2.38. The van der Waals surface area contributed by atoms with Crippen LogP contribution < -0.4 is 10.6 Å². The highest BCUT2D eigenvalue weighted by molar-refractivity contribution is 9.10. The van der Waals surface area contributed by atoms with Crippen molar-refractivity contribution in [2.45, 2.75) is 18.4 Å². The van der Waals surface area contributed by atoms with Gasteiger partial charge < -0.3 is 15.7 Å². The van der Waals surface area contributed by atoms with E-state index in [2.05, 4.69) is 32.6 Å². The molecule has 2 aliphatic heterocycles. The number of hydrogen-bond donors (Lipinski definition) is 3. The number of rotatable bonds is 0. The van der Waals surface area contributed by atoms with Gasteiger partial charge in [-0.2, -0.15) is 0 Å². The van der Waals surface area contributed by atoms with E-state index in [-0.39, 0.29) is 0 Å². The number of aromatic hydroxyl groups is 1. The standard InChI is InChI=1S/C11H13BrN2O/c12-6-3-7-8-5-13-2-1-9(8)14-11(7)10(15)4-6/h3-4,8-9,13-15H,1-2,5H2. The molecule has 0 aromatic heterocycles. The van der Waals surface area contributed by atoms with Crippen molar-refractivity contribution in [3.05, 3.63) is 22.2 Å². The second-order valence-corrected chi connectivity index (χ2v) is 5.15. The molecule has 1 fully saturated rings. The lowest BCUT2D eigenvalue weighted by Gasteiger charge is -2.26. The van der Waals surface area contributed by atoms with Gasteiger partial charge in [0.15, 0.2) is 0 Å². The molecule has 0 bridgehead atoms. The molecule has 2 heterocycles. The maximum atomic E-state index is 9.85. The number of fused-ring (bicyclic) bond motifs is 3. The maximum Gasteiger partial charge on any atom is 0.140 e. The Kier molecular flexibility index (Phi) is 2.14. The van der Waals surface area contributed by atoms with Crippen molar-refractivity contribution in [2.24, 2.45) is 0 Å². The fourth-order valence-corrected chi connectivity index (χ4v) is 3.07. The van der Waals surface area contributed by atoms with E-state index in [4.69, 9.17) is 0 Å². The van der Waals surface area contributed by atoms with Gasteiger partial charge in [-0.1, -0.05) is 15.9 Å². The fraction of sp³-hybridized carbons (Fsp3) is 0.455. The quantitative estimate of drug-likeness (QED) is 0.631. The summed E-state index contributed by atoms with van der Waals surface area (Å²) < 4.78 is 0.951. The van der Waals surface area contributed by atoms with Crippen LogP contribution in [0.5, 0.6) is 5.75 Å². The second-order valence-electron chi connectivity index (χ2n) is 4.24. The number of benzene rings is 1. The Labute approximate surface area is 97.0 Å². The van der Waals surface area contributed by atoms with Crippen molar-refractivity contribution in [1.82, 2.24) is 5.32 Å². The normalized spacial score (nSPS) is 28.1. The maximum absolute atomic E-state index is 9.85. The van der Waals surface area contributed by atoms with Crippen molar-refractivity contribution in [3.8, 4) is 5.75 Å². The van der Waals surface area contributed by atoms with E-state index < -0.39 is 0 Å². The molecule has 2 aliphatic rings. The summed E-state index contributed by atoms with van der Waals surface area (Å²) in [5, 5.41) is 16.7. The summed E-state index contributed by atoms with van der Waals surface area (Å²) in [4.78, 5) is 0. The molecule has 3 rings (SSSR count). The molecule has 0 radical (unpaired) electrons. The zero-order valence-corrected chi connectivity index (χ0v) is 9.84. The van der Waals surface area contributed by atoms with Gasteiger partial charge in [-0.25, -0.2) is 0 Å². The van der Waals surface area contributed by atoms with Crippen LogP contribution in [0.15, 0.2) is 16.6 Å². The van der Waals surface area contributed by atoms with Crippen molar-refractivity contribution in [2.75, 3.05) is 18.4 Å². The minimum Gasteiger partial charge on any atom is -0.506 e. The van der Waals surface area contributed by atoms with Gasteiger partial charge in [0, 0.05) is 23.0 Å². The van der Waals surface area contributed by atoms with Crippen LogP contribution in [-0.2, 0) is 0 Å². The number of halogens is 1. The summed E-state index contributed by atoms with van der Waals surface area (Å²) in [7, 11) is 0. The Balaban J connectivity index is 2.08. The fourth-order valence-electron chi connectivity index (χ4n) is 2.61. The van der Waals surface area contributed by atoms with Crippen LogP contribution in [0.2, 0.25) is 0 Å². The minimum atomic E-state index is 0.355. The molecule has 1 aromatic carbocycles. The largest absolute Gasteiger partial charge is 0.506 e. The van der Waals surface area contributed by atoms with Crippen molar-refractivity contribution in [1.29, 1.82) is 0 Å². The van der Waals surface area contributed by atoms with E-state index in [1.807, 2.05) is 0 Å². The molecule has 0 amide bonds. The minimum absolute atomic E-state index is 0.355. The first-order valence-corrected chi connectivity index (χ1v) is 6.04. The predicted molar refractivity (Wildman–Crippen MR) is 63.4 cm³/mol. The molecule has 0 spiro atoms. The van der Waals surface area contributed by atoms with Gasteiger partial charge in [0.2, 0.25) is 0 Å². The third-order valence-electron chi connectivity index (χ3n) is 3.32. The van der Waals surface area contributed by atoms with E-state index in [0.29, 0.717) is 17.7 Å². The second kappa shape index (κ2) is 3.39. The Morgan fingerprint density at radius 2 is 2.27 bits per heavy atom. The molecular weight excluding hydrogens is 256 g/mol. The van der Waals surface area contributed by atoms with Crippen LogP contribution in [-0.4, -0.2) is 24.2 Å². The Bertz CT molecular complexity index is 408. The van der Waals surface area contributed by atoms with Crippen LogP contribution in [0.25, 0.3) is 0 Å². The van der Waals surface area contributed by atoms with E-state index in [9.17, 15) is 5.11 Å². The number of nitrogens with one attached hydrogen (secondary N) is 2. The lowest BCUT2D eigenvalue weighted by atomic mass is 9.90. The first-order valence-electron chi connectivity index (χ1n) is 5.25. The molecule has 1 saturated heterocycles. The van der Waals surface area contributed by atoms with Gasteiger partial charge in [0.25, 0.3) is 0 Å². The van der Waals surface area contributed by atoms with Crippen molar-refractivity contribution < 1.29 is 5.11 Å². The van der Waals surface area contributed by atoms with E-state index in [0.717, 1.165) is 29.7 Å². The van der Waals surface area contributed by atoms with Crippen molar-refractivity contribution in [3.63, 3.8) is 0 Å². The average molecular weight is 269 g/mol. The number of phenolic OH excluding ortho intramolecular Hbond substituents is 1.